The second-order valence-electron chi connectivity index (χ2n) is 7.13. The molecule has 0 aromatic carbocycles. The quantitative estimate of drug-likeness (QED) is 0.854. The van der Waals surface area contributed by atoms with Gasteiger partial charge in [0.05, 0.1) is 5.60 Å². The van der Waals surface area contributed by atoms with Gasteiger partial charge in [-0.05, 0) is 44.9 Å². The van der Waals surface area contributed by atoms with Gasteiger partial charge in [0.2, 0.25) is 0 Å². The van der Waals surface area contributed by atoms with Crippen molar-refractivity contribution >= 4 is 0 Å². The van der Waals surface area contributed by atoms with Crippen molar-refractivity contribution in [2.24, 2.45) is 5.41 Å². The standard InChI is InChI=1S/C15H27N3O/c1-12(2)18-13(16-11-17-18)10-15(19)7-5-6-14(3,4)8-9-15/h11-12,19H,5-10H2,1-4H3. The first-order valence-corrected chi connectivity index (χ1v) is 7.42. The number of nitrogens with zero attached hydrogens (tertiary/aromatic N) is 3. The van der Waals surface area contributed by atoms with E-state index in [0.717, 1.165) is 31.5 Å². The fourth-order valence-corrected chi connectivity index (χ4v) is 3.02. The molecule has 4 nitrogen and oxygen atoms in total. The normalized spacial score (nSPS) is 27.5. The van der Waals surface area contributed by atoms with E-state index in [1.54, 1.807) is 6.33 Å². The summed E-state index contributed by atoms with van der Waals surface area (Å²) in [5, 5.41) is 15.1. The van der Waals surface area contributed by atoms with Crippen molar-refractivity contribution in [2.75, 3.05) is 0 Å². The number of aliphatic hydroxyl groups is 1. The minimum Gasteiger partial charge on any atom is -0.389 e. The molecule has 0 radical (unpaired) electrons. The van der Waals surface area contributed by atoms with Crippen LogP contribution in [0.4, 0.5) is 0 Å². The molecule has 1 saturated carbocycles. The van der Waals surface area contributed by atoms with Gasteiger partial charge in [0.1, 0.15) is 12.2 Å². The molecule has 1 unspecified atom stereocenters. The maximum atomic E-state index is 10.9. The highest BCUT2D eigenvalue weighted by Crippen LogP contribution is 2.39. The third-order valence-corrected chi connectivity index (χ3v) is 4.39. The van der Waals surface area contributed by atoms with Crippen LogP contribution < -0.4 is 0 Å². The fraction of sp³-hybridized carbons (Fsp3) is 0.867. The van der Waals surface area contributed by atoms with Gasteiger partial charge in [0.15, 0.2) is 0 Å². The van der Waals surface area contributed by atoms with Crippen molar-refractivity contribution in [2.45, 2.75) is 77.9 Å². The third-order valence-electron chi connectivity index (χ3n) is 4.39. The number of hydrogen-bond acceptors (Lipinski definition) is 3. The van der Waals surface area contributed by atoms with Crippen LogP contribution in [0.15, 0.2) is 6.33 Å². The summed E-state index contributed by atoms with van der Waals surface area (Å²) in [6, 6.07) is 0.295. The summed E-state index contributed by atoms with van der Waals surface area (Å²) in [7, 11) is 0. The summed E-state index contributed by atoms with van der Waals surface area (Å²) in [4.78, 5) is 4.34. The molecular formula is C15H27N3O. The van der Waals surface area contributed by atoms with Gasteiger partial charge in [0.25, 0.3) is 0 Å². The zero-order valence-corrected chi connectivity index (χ0v) is 12.7. The van der Waals surface area contributed by atoms with Gasteiger partial charge in [-0.15, -0.1) is 0 Å². The van der Waals surface area contributed by atoms with E-state index in [4.69, 9.17) is 0 Å². The highest BCUT2D eigenvalue weighted by atomic mass is 16.3. The van der Waals surface area contributed by atoms with Crippen LogP contribution in [0.3, 0.4) is 0 Å². The van der Waals surface area contributed by atoms with Crippen molar-refractivity contribution in [3.63, 3.8) is 0 Å². The Kier molecular flexibility index (Phi) is 4.00. The third kappa shape index (κ3) is 3.56. The van der Waals surface area contributed by atoms with E-state index < -0.39 is 5.60 Å². The van der Waals surface area contributed by atoms with E-state index in [-0.39, 0.29) is 0 Å². The number of hydrogen-bond donors (Lipinski definition) is 1. The first-order valence-electron chi connectivity index (χ1n) is 7.42. The molecule has 1 aromatic heterocycles. The molecule has 0 spiro atoms. The Hall–Kier alpha value is -0.900. The van der Waals surface area contributed by atoms with Crippen LogP contribution in [0.1, 0.15) is 71.7 Å². The molecule has 1 atom stereocenters. The molecule has 0 saturated heterocycles. The Morgan fingerprint density at radius 3 is 2.68 bits per heavy atom. The summed E-state index contributed by atoms with van der Waals surface area (Å²) in [5.41, 5.74) is -0.246. The monoisotopic (exact) mass is 265 g/mol. The van der Waals surface area contributed by atoms with Gasteiger partial charge >= 0.3 is 0 Å². The van der Waals surface area contributed by atoms with Gasteiger partial charge in [-0.1, -0.05) is 20.3 Å². The molecule has 19 heavy (non-hydrogen) atoms. The smallest absolute Gasteiger partial charge is 0.138 e. The SMILES string of the molecule is CC(C)n1ncnc1CC1(O)CCCC(C)(C)CC1. The largest absolute Gasteiger partial charge is 0.389 e. The molecule has 1 fully saturated rings. The fourth-order valence-electron chi connectivity index (χ4n) is 3.02. The van der Waals surface area contributed by atoms with E-state index in [1.165, 1.54) is 6.42 Å². The van der Waals surface area contributed by atoms with Crippen LogP contribution in [-0.2, 0) is 6.42 Å². The summed E-state index contributed by atoms with van der Waals surface area (Å²) in [5.74, 6) is 0.914. The molecule has 1 aliphatic rings. The first kappa shape index (κ1) is 14.5. The second kappa shape index (κ2) is 5.23. The Balaban J connectivity index is 2.10. The van der Waals surface area contributed by atoms with Crippen LogP contribution >= 0.6 is 0 Å². The predicted octanol–water partition coefficient (Wildman–Crippen LogP) is 3.12. The lowest BCUT2D eigenvalue weighted by Crippen LogP contribution is -2.32. The Labute approximate surface area is 116 Å². The maximum absolute atomic E-state index is 10.9. The van der Waals surface area contributed by atoms with Crippen molar-refractivity contribution in [1.82, 2.24) is 14.8 Å². The maximum Gasteiger partial charge on any atom is 0.138 e. The van der Waals surface area contributed by atoms with Crippen LogP contribution in [0, 0.1) is 5.41 Å². The molecule has 0 bridgehead atoms. The number of aromatic nitrogens is 3. The molecule has 4 heteroatoms. The van der Waals surface area contributed by atoms with Crippen LogP contribution in [0.25, 0.3) is 0 Å². The Bertz CT molecular complexity index is 425. The van der Waals surface area contributed by atoms with E-state index in [1.807, 2.05) is 4.68 Å². The predicted molar refractivity (Wildman–Crippen MR) is 75.9 cm³/mol. The zero-order chi connectivity index (χ0) is 14.1. The average Bonchev–Trinajstić information content (AvgIpc) is 2.69. The van der Waals surface area contributed by atoms with Gasteiger partial charge in [-0.2, -0.15) is 5.10 Å². The van der Waals surface area contributed by atoms with Crippen LogP contribution in [-0.4, -0.2) is 25.5 Å². The van der Waals surface area contributed by atoms with Gasteiger partial charge in [-0.3, -0.25) is 0 Å². The van der Waals surface area contributed by atoms with Crippen molar-refractivity contribution in [3.8, 4) is 0 Å². The topological polar surface area (TPSA) is 50.9 Å². The number of rotatable bonds is 3. The van der Waals surface area contributed by atoms with Crippen LogP contribution in [0.2, 0.25) is 0 Å². The molecule has 2 rings (SSSR count). The Morgan fingerprint density at radius 1 is 1.26 bits per heavy atom. The van der Waals surface area contributed by atoms with Crippen molar-refractivity contribution < 1.29 is 5.11 Å². The van der Waals surface area contributed by atoms with Crippen molar-refractivity contribution in [3.05, 3.63) is 12.2 Å². The second-order valence-corrected chi connectivity index (χ2v) is 7.13. The van der Waals surface area contributed by atoms with Gasteiger partial charge in [0, 0.05) is 12.5 Å². The highest BCUT2D eigenvalue weighted by molar-refractivity contribution is 4.97. The summed E-state index contributed by atoms with van der Waals surface area (Å²) >= 11 is 0. The summed E-state index contributed by atoms with van der Waals surface area (Å²) in [6.07, 6.45) is 7.34. The minimum absolute atomic E-state index is 0.295. The Morgan fingerprint density at radius 2 is 2.00 bits per heavy atom. The van der Waals surface area contributed by atoms with Crippen LogP contribution in [0.5, 0.6) is 0 Å². The zero-order valence-electron chi connectivity index (χ0n) is 12.7. The van der Waals surface area contributed by atoms with Gasteiger partial charge < -0.3 is 5.11 Å². The minimum atomic E-state index is -0.604. The summed E-state index contributed by atoms with van der Waals surface area (Å²) in [6.45, 7) is 8.79. The van der Waals surface area contributed by atoms with E-state index in [2.05, 4.69) is 37.8 Å². The molecule has 108 valence electrons. The summed E-state index contributed by atoms with van der Waals surface area (Å²) < 4.78 is 1.92. The average molecular weight is 265 g/mol. The van der Waals surface area contributed by atoms with E-state index in [0.29, 0.717) is 17.9 Å². The lowest BCUT2D eigenvalue weighted by molar-refractivity contribution is 0.0195. The first-order chi connectivity index (χ1) is 8.81. The van der Waals surface area contributed by atoms with Gasteiger partial charge in [-0.25, -0.2) is 9.67 Å². The van der Waals surface area contributed by atoms with Crippen molar-refractivity contribution in [1.29, 1.82) is 0 Å². The molecule has 1 aliphatic carbocycles. The lowest BCUT2D eigenvalue weighted by Gasteiger charge is -2.28. The molecule has 1 heterocycles. The molecule has 1 aromatic rings. The lowest BCUT2D eigenvalue weighted by atomic mass is 9.83. The van der Waals surface area contributed by atoms with E-state index >= 15 is 0 Å². The molecule has 0 amide bonds. The highest BCUT2D eigenvalue weighted by Gasteiger charge is 2.35. The molecule has 0 aliphatic heterocycles. The molecular weight excluding hydrogens is 238 g/mol. The van der Waals surface area contributed by atoms with E-state index in [9.17, 15) is 5.11 Å². The molecule has 1 N–H and O–H groups in total.